The van der Waals surface area contributed by atoms with E-state index < -0.39 is 16.7 Å². The zero-order valence-electron chi connectivity index (χ0n) is 9.14. The number of carboxylic acids is 1. The summed E-state index contributed by atoms with van der Waals surface area (Å²) in [4.78, 5) is 23.4. The minimum Gasteiger partial charge on any atom is -0.481 e. The van der Waals surface area contributed by atoms with Gasteiger partial charge < -0.3 is 10.1 Å². The first-order valence-electron chi connectivity index (χ1n) is 5.14. The molecule has 0 bridgehead atoms. The number of hydrogen-bond acceptors (Lipinski definition) is 3. The van der Waals surface area contributed by atoms with Crippen LogP contribution in [0, 0.1) is 15.9 Å². The number of nitro groups is 1. The third kappa shape index (κ3) is 2.15. The van der Waals surface area contributed by atoms with E-state index in [1.165, 1.54) is 6.20 Å². The summed E-state index contributed by atoms with van der Waals surface area (Å²) in [5.74, 6) is -1.70. The molecule has 0 aliphatic heterocycles. The zero-order chi connectivity index (χ0) is 13.3. The van der Waals surface area contributed by atoms with Crippen molar-refractivity contribution in [1.82, 2.24) is 4.98 Å². The number of nitro benzene ring substituents is 1. The van der Waals surface area contributed by atoms with Crippen molar-refractivity contribution in [1.29, 1.82) is 0 Å². The lowest BCUT2D eigenvalue weighted by Gasteiger charge is -1.99. The molecule has 0 fully saturated rings. The fourth-order valence-corrected chi connectivity index (χ4v) is 1.86. The number of H-pyrrole nitrogens is 1. The monoisotopic (exact) mass is 252 g/mol. The highest BCUT2D eigenvalue weighted by atomic mass is 19.1. The van der Waals surface area contributed by atoms with Crippen molar-refractivity contribution in [2.24, 2.45) is 0 Å². The lowest BCUT2D eigenvalue weighted by atomic mass is 10.1. The summed E-state index contributed by atoms with van der Waals surface area (Å²) >= 11 is 0. The fourth-order valence-electron chi connectivity index (χ4n) is 1.86. The molecule has 0 spiro atoms. The number of aliphatic carboxylic acids is 1. The third-order valence-corrected chi connectivity index (χ3v) is 2.61. The molecule has 0 aliphatic rings. The van der Waals surface area contributed by atoms with Gasteiger partial charge in [-0.1, -0.05) is 0 Å². The predicted octanol–water partition coefficient (Wildman–Crippen LogP) is 2.23. The number of benzene rings is 1. The van der Waals surface area contributed by atoms with Crippen molar-refractivity contribution < 1.29 is 19.2 Å². The fraction of sp³-hybridized carbons (Fsp3) is 0.182. The SMILES string of the molecule is O=C(O)CCc1c[nH]c2cc(F)cc([N+](=O)[O-])c12. The summed E-state index contributed by atoms with van der Waals surface area (Å²) in [6.07, 6.45) is 1.49. The van der Waals surface area contributed by atoms with E-state index in [1.54, 1.807) is 0 Å². The van der Waals surface area contributed by atoms with Crippen molar-refractivity contribution in [2.45, 2.75) is 12.8 Å². The number of rotatable bonds is 4. The Balaban J connectivity index is 2.55. The standard InChI is InChI=1S/C11H9FN2O4/c12-7-3-8-11(9(4-7)14(17)18)6(5-13-8)1-2-10(15)16/h3-5,13H,1-2H2,(H,15,16). The number of aryl methyl sites for hydroxylation is 1. The van der Waals surface area contributed by atoms with Crippen LogP contribution in [0.3, 0.4) is 0 Å². The highest BCUT2D eigenvalue weighted by molar-refractivity contribution is 5.92. The average Bonchev–Trinajstić information content (AvgIpc) is 2.67. The van der Waals surface area contributed by atoms with Crippen molar-refractivity contribution in [3.63, 3.8) is 0 Å². The molecule has 0 saturated heterocycles. The molecule has 18 heavy (non-hydrogen) atoms. The van der Waals surface area contributed by atoms with Gasteiger partial charge >= 0.3 is 5.97 Å². The number of hydrogen-bond donors (Lipinski definition) is 2. The van der Waals surface area contributed by atoms with Crippen LogP contribution < -0.4 is 0 Å². The van der Waals surface area contributed by atoms with Crippen LogP contribution in [0.4, 0.5) is 10.1 Å². The van der Waals surface area contributed by atoms with E-state index in [9.17, 15) is 19.3 Å². The Bertz CT molecular complexity index is 635. The Kier molecular flexibility index (Phi) is 2.97. The van der Waals surface area contributed by atoms with Crippen molar-refractivity contribution in [3.8, 4) is 0 Å². The van der Waals surface area contributed by atoms with Crippen LogP contribution >= 0.6 is 0 Å². The van der Waals surface area contributed by atoms with Gasteiger partial charge in [0, 0.05) is 12.6 Å². The minimum absolute atomic E-state index is 0.137. The number of fused-ring (bicyclic) bond motifs is 1. The van der Waals surface area contributed by atoms with Crippen molar-refractivity contribution in [3.05, 3.63) is 39.8 Å². The molecule has 2 rings (SSSR count). The molecule has 1 aromatic carbocycles. The third-order valence-electron chi connectivity index (χ3n) is 2.61. The van der Waals surface area contributed by atoms with Gasteiger partial charge in [0.15, 0.2) is 0 Å². The van der Waals surface area contributed by atoms with E-state index in [-0.39, 0.29) is 23.9 Å². The molecule has 0 radical (unpaired) electrons. The lowest BCUT2D eigenvalue weighted by molar-refractivity contribution is -0.383. The largest absolute Gasteiger partial charge is 0.481 e. The molecule has 0 atom stereocenters. The van der Waals surface area contributed by atoms with Gasteiger partial charge in [-0.25, -0.2) is 4.39 Å². The maximum atomic E-state index is 13.2. The highest BCUT2D eigenvalue weighted by Crippen LogP contribution is 2.30. The Hall–Kier alpha value is -2.44. The topological polar surface area (TPSA) is 96.2 Å². The van der Waals surface area contributed by atoms with Gasteiger partial charge in [0.25, 0.3) is 5.69 Å². The Morgan fingerprint density at radius 1 is 1.50 bits per heavy atom. The number of halogens is 1. The lowest BCUT2D eigenvalue weighted by Crippen LogP contribution is -1.98. The van der Waals surface area contributed by atoms with Crippen LogP contribution in [-0.4, -0.2) is 21.0 Å². The second kappa shape index (κ2) is 4.44. The Morgan fingerprint density at radius 3 is 2.83 bits per heavy atom. The first kappa shape index (κ1) is 12.0. The second-order valence-corrected chi connectivity index (χ2v) is 3.81. The summed E-state index contributed by atoms with van der Waals surface area (Å²) in [6.45, 7) is 0. The summed E-state index contributed by atoms with van der Waals surface area (Å²) in [6, 6.07) is 1.98. The molecule has 0 aliphatic carbocycles. The molecule has 7 heteroatoms. The molecule has 2 N–H and O–H groups in total. The number of aromatic nitrogens is 1. The van der Waals surface area contributed by atoms with Crippen LogP contribution in [0.1, 0.15) is 12.0 Å². The van der Waals surface area contributed by atoms with Crippen LogP contribution in [0.25, 0.3) is 10.9 Å². The average molecular weight is 252 g/mol. The van der Waals surface area contributed by atoms with Gasteiger partial charge in [0.1, 0.15) is 5.82 Å². The quantitative estimate of drug-likeness (QED) is 0.644. The summed E-state index contributed by atoms with van der Waals surface area (Å²) in [7, 11) is 0. The van der Waals surface area contributed by atoms with Crippen LogP contribution in [-0.2, 0) is 11.2 Å². The van der Waals surface area contributed by atoms with E-state index >= 15 is 0 Å². The molecule has 2 aromatic rings. The molecular formula is C11H9FN2O4. The van der Waals surface area contributed by atoms with Crippen LogP contribution in [0.15, 0.2) is 18.3 Å². The Labute approximate surface area is 100 Å². The molecule has 1 heterocycles. The number of aromatic amines is 1. The molecule has 94 valence electrons. The van der Waals surface area contributed by atoms with Gasteiger partial charge in [-0.15, -0.1) is 0 Å². The summed E-state index contributed by atoms with van der Waals surface area (Å²) in [5.41, 5.74) is 0.438. The van der Waals surface area contributed by atoms with Gasteiger partial charge in [-0.05, 0) is 18.1 Å². The van der Waals surface area contributed by atoms with Gasteiger partial charge in [-0.3, -0.25) is 14.9 Å². The predicted molar refractivity (Wildman–Crippen MR) is 60.9 cm³/mol. The molecule has 1 aromatic heterocycles. The van der Waals surface area contributed by atoms with Gasteiger partial charge in [-0.2, -0.15) is 0 Å². The number of carbonyl (C=O) groups is 1. The first-order chi connectivity index (χ1) is 8.49. The first-order valence-corrected chi connectivity index (χ1v) is 5.14. The Morgan fingerprint density at radius 2 is 2.22 bits per heavy atom. The maximum Gasteiger partial charge on any atom is 0.303 e. The summed E-state index contributed by atoms with van der Waals surface area (Å²) in [5, 5.41) is 19.7. The van der Waals surface area contributed by atoms with E-state index in [2.05, 4.69) is 4.98 Å². The second-order valence-electron chi connectivity index (χ2n) is 3.81. The van der Waals surface area contributed by atoms with E-state index in [1.807, 2.05) is 0 Å². The van der Waals surface area contributed by atoms with Gasteiger partial charge in [0.2, 0.25) is 0 Å². The van der Waals surface area contributed by atoms with Crippen molar-refractivity contribution >= 4 is 22.6 Å². The number of non-ortho nitro benzene ring substituents is 1. The summed E-state index contributed by atoms with van der Waals surface area (Å²) < 4.78 is 13.2. The normalized spacial score (nSPS) is 10.7. The maximum absolute atomic E-state index is 13.2. The molecular weight excluding hydrogens is 243 g/mol. The zero-order valence-corrected chi connectivity index (χ0v) is 9.14. The number of carboxylic acid groups (broad SMARTS) is 1. The minimum atomic E-state index is -0.992. The number of nitrogens with one attached hydrogen (secondary N) is 1. The van der Waals surface area contributed by atoms with E-state index in [0.29, 0.717) is 11.1 Å². The molecule has 0 saturated carbocycles. The van der Waals surface area contributed by atoms with Gasteiger partial charge in [0.05, 0.1) is 21.9 Å². The van der Waals surface area contributed by atoms with Crippen molar-refractivity contribution in [2.75, 3.05) is 0 Å². The number of nitrogens with zero attached hydrogens (tertiary/aromatic N) is 1. The van der Waals surface area contributed by atoms with Crippen LogP contribution in [0.5, 0.6) is 0 Å². The molecule has 6 nitrogen and oxygen atoms in total. The highest BCUT2D eigenvalue weighted by Gasteiger charge is 2.19. The smallest absolute Gasteiger partial charge is 0.303 e. The van der Waals surface area contributed by atoms with E-state index in [4.69, 9.17) is 5.11 Å². The molecule has 0 unspecified atom stereocenters. The molecule has 0 amide bonds. The van der Waals surface area contributed by atoms with Crippen LogP contribution in [0.2, 0.25) is 0 Å². The van der Waals surface area contributed by atoms with E-state index in [0.717, 1.165) is 12.1 Å².